The van der Waals surface area contributed by atoms with Crippen molar-refractivity contribution in [3.8, 4) is 5.75 Å². The van der Waals surface area contributed by atoms with Gasteiger partial charge in [-0.3, -0.25) is 14.0 Å². The average Bonchev–Trinajstić information content (AvgIpc) is 3.23. The number of aliphatic imine (C=N–C) groups is 1. The normalized spacial score (nSPS) is 29.1. The van der Waals surface area contributed by atoms with Crippen LogP contribution in [0, 0.1) is 0 Å². The van der Waals surface area contributed by atoms with Gasteiger partial charge in [-0.15, -0.1) is 5.10 Å². The van der Waals surface area contributed by atoms with Gasteiger partial charge in [-0.25, -0.2) is 9.48 Å². The fraction of sp³-hybridized carbons (Fsp3) is 0.412. The van der Waals surface area contributed by atoms with Crippen molar-refractivity contribution in [2.24, 2.45) is 12.0 Å². The zero-order chi connectivity index (χ0) is 22.3. The van der Waals surface area contributed by atoms with Crippen LogP contribution in [0.1, 0.15) is 6.92 Å². The summed E-state index contributed by atoms with van der Waals surface area (Å²) in [6.07, 6.45) is 0. The van der Waals surface area contributed by atoms with Crippen LogP contribution in [-0.4, -0.2) is 80.3 Å². The second-order valence-electron chi connectivity index (χ2n) is 6.95. The summed E-state index contributed by atoms with van der Waals surface area (Å²) in [5.74, 6) is -2.22. The molecular weight excluding hydrogens is 471 g/mol. The molecule has 3 heterocycles. The summed E-state index contributed by atoms with van der Waals surface area (Å²) < 4.78 is 18.5. The third-order valence-corrected chi connectivity index (χ3v) is 8.79. The standard InChI is InChI=1S/C17H18N6O6S2.Na/c1-17(30-16-19-20-21-22(16)2)12(15(26)27)23-13(25)11(14(23)31(17)28)18-10(24)8-29-9-6-4-3-5-7-9;/h3-7,11-12,14H,8H2,1-2H3,(H,18,24)(H,26,27);/q;+1/p-1/t11-,12+,14-,17+,31?;/m1./s1. The molecule has 1 amide bonds. The fourth-order valence-corrected chi connectivity index (χ4v) is 7.01. The van der Waals surface area contributed by atoms with E-state index in [0.29, 0.717) is 5.75 Å². The van der Waals surface area contributed by atoms with E-state index in [9.17, 15) is 24.0 Å². The first-order valence-electron chi connectivity index (χ1n) is 9.02. The van der Waals surface area contributed by atoms with Crippen LogP contribution in [0.15, 0.2) is 40.5 Å². The Hall–Kier alpha value is -2.00. The van der Waals surface area contributed by atoms with Crippen molar-refractivity contribution in [1.82, 2.24) is 25.1 Å². The number of aryl methyl sites for hydroxylation is 1. The topological polar surface area (TPSA) is 163 Å². The summed E-state index contributed by atoms with van der Waals surface area (Å²) in [6.45, 7) is 1.08. The minimum Gasteiger partial charge on any atom is -0.860 e. The van der Waals surface area contributed by atoms with Crippen molar-refractivity contribution < 1.29 is 58.3 Å². The Kier molecular flexibility index (Phi) is 7.29. The first kappa shape index (κ1) is 24.6. The number of fused-ring (bicyclic) bond motifs is 1. The molecule has 2 aliphatic heterocycles. The molecule has 0 saturated carbocycles. The fourth-order valence-electron chi connectivity index (χ4n) is 3.47. The molecule has 2 aromatic rings. The first-order valence-corrected chi connectivity index (χ1v) is 11.1. The molecule has 2 aliphatic rings. The number of benzene rings is 1. The predicted octanol–water partition coefficient (Wildman–Crippen LogP) is -4.39. The summed E-state index contributed by atoms with van der Waals surface area (Å²) in [4.78, 5) is 29.5. The van der Waals surface area contributed by atoms with E-state index in [2.05, 4.69) is 20.5 Å². The molecule has 164 valence electrons. The molecule has 1 unspecified atom stereocenters. The number of aromatic nitrogens is 4. The van der Waals surface area contributed by atoms with E-state index in [0.717, 1.165) is 16.7 Å². The SMILES string of the molecule is Cn1nnnc1S[C@]1(C)[C@H](C(=O)O)N2C(=O)[C@@H](N=C([O-])COc3ccccc3)[C@H]2S1=O.[Na+]. The molecule has 15 heteroatoms. The summed E-state index contributed by atoms with van der Waals surface area (Å²) >= 11 is 0.910. The molecule has 0 radical (unpaired) electrons. The summed E-state index contributed by atoms with van der Waals surface area (Å²) in [5.41, 5.74) is 0. The number of nitrogens with zero attached hydrogens (tertiary/aromatic N) is 6. The Balaban J connectivity index is 0.00000289. The van der Waals surface area contributed by atoms with Gasteiger partial charge in [0.05, 0.1) is 10.8 Å². The van der Waals surface area contributed by atoms with Crippen LogP contribution < -0.4 is 39.4 Å². The zero-order valence-corrected chi connectivity index (χ0v) is 20.9. The van der Waals surface area contributed by atoms with Gasteiger partial charge in [-0.2, -0.15) is 0 Å². The van der Waals surface area contributed by atoms with E-state index in [1.807, 2.05) is 0 Å². The van der Waals surface area contributed by atoms with Gasteiger partial charge in [0.15, 0.2) is 12.1 Å². The molecule has 0 bridgehead atoms. The van der Waals surface area contributed by atoms with Crippen LogP contribution in [0.5, 0.6) is 5.75 Å². The number of thioether (sulfide) groups is 1. The molecule has 4 rings (SSSR count). The smallest absolute Gasteiger partial charge is 0.860 e. The molecular formula is C17H17N6NaO6S2. The van der Waals surface area contributed by atoms with Crippen molar-refractivity contribution in [3.63, 3.8) is 0 Å². The molecule has 5 atom stereocenters. The second-order valence-corrected chi connectivity index (χ2v) is 10.5. The van der Waals surface area contributed by atoms with Gasteiger partial charge >= 0.3 is 35.5 Å². The molecule has 2 saturated heterocycles. The number of amides is 1. The van der Waals surface area contributed by atoms with E-state index in [4.69, 9.17) is 4.74 Å². The maximum atomic E-state index is 13.3. The molecule has 32 heavy (non-hydrogen) atoms. The van der Waals surface area contributed by atoms with Crippen LogP contribution in [0.4, 0.5) is 0 Å². The molecule has 0 aliphatic carbocycles. The molecule has 12 nitrogen and oxygen atoms in total. The summed E-state index contributed by atoms with van der Waals surface area (Å²) in [6, 6.07) is 5.98. The minimum absolute atomic E-state index is 0. The van der Waals surface area contributed by atoms with Gasteiger partial charge in [-0.05, 0) is 35.4 Å². The van der Waals surface area contributed by atoms with Gasteiger partial charge in [0.2, 0.25) is 5.16 Å². The molecule has 1 N–H and O–H groups in total. The minimum atomic E-state index is -1.87. The zero-order valence-electron chi connectivity index (χ0n) is 17.3. The Bertz CT molecular complexity index is 1080. The van der Waals surface area contributed by atoms with Crippen molar-refractivity contribution >= 4 is 40.3 Å². The number of carboxylic acid groups (broad SMARTS) is 1. The Morgan fingerprint density at radius 2 is 2.09 bits per heavy atom. The van der Waals surface area contributed by atoms with Crippen LogP contribution in [0.2, 0.25) is 0 Å². The van der Waals surface area contributed by atoms with Gasteiger partial charge in [0, 0.05) is 7.05 Å². The maximum Gasteiger partial charge on any atom is 1.00 e. The molecule has 2 fully saturated rings. The van der Waals surface area contributed by atoms with E-state index >= 15 is 0 Å². The third kappa shape index (κ3) is 4.17. The van der Waals surface area contributed by atoms with Gasteiger partial charge in [0.25, 0.3) is 5.91 Å². The van der Waals surface area contributed by atoms with Gasteiger partial charge < -0.3 is 19.8 Å². The summed E-state index contributed by atoms with van der Waals surface area (Å²) in [5, 5.41) is 32.2. The number of aliphatic carboxylic acids is 1. The van der Waals surface area contributed by atoms with Gasteiger partial charge in [0.1, 0.15) is 21.8 Å². The molecule has 1 aromatic heterocycles. The van der Waals surface area contributed by atoms with Crippen molar-refractivity contribution in [3.05, 3.63) is 30.3 Å². The number of carboxylic acids is 1. The number of hydrogen-bond donors (Lipinski definition) is 1. The number of carbonyl (C=O) groups is 2. The Morgan fingerprint density at radius 3 is 2.69 bits per heavy atom. The molecule has 1 aromatic carbocycles. The number of para-hydroxylation sites is 1. The first-order chi connectivity index (χ1) is 14.7. The van der Waals surface area contributed by atoms with E-state index in [1.165, 1.54) is 11.6 Å². The van der Waals surface area contributed by atoms with Crippen LogP contribution >= 0.6 is 11.8 Å². The van der Waals surface area contributed by atoms with Crippen molar-refractivity contribution in [2.45, 2.75) is 33.6 Å². The monoisotopic (exact) mass is 488 g/mol. The third-order valence-electron chi connectivity index (χ3n) is 4.94. The molecule has 0 spiro atoms. The number of β-lactam (4-membered cyclic amide) rings is 1. The van der Waals surface area contributed by atoms with Gasteiger partial charge in [-0.1, -0.05) is 30.0 Å². The maximum absolute atomic E-state index is 13.3. The number of ether oxygens (including phenoxy) is 1. The number of rotatable bonds is 7. The number of carbonyl (C=O) groups excluding carboxylic acids is 1. The number of tetrazole rings is 1. The van der Waals surface area contributed by atoms with Crippen LogP contribution in [-0.2, 0) is 27.4 Å². The Morgan fingerprint density at radius 1 is 1.41 bits per heavy atom. The quantitative estimate of drug-likeness (QED) is 0.174. The van der Waals surface area contributed by atoms with E-state index in [1.54, 1.807) is 37.4 Å². The predicted molar refractivity (Wildman–Crippen MR) is 106 cm³/mol. The average molecular weight is 488 g/mol. The van der Waals surface area contributed by atoms with E-state index < -0.39 is 56.7 Å². The van der Waals surface area contributed by atoms with E-state index in [-0.39, 0.29) is 34.7 Å². The largest absolute Gasteiger partial charge is 1.00 e. The number of hydrogen-bond acceptors (Lipinski definition) is 10. The summed E-state index contributed by atoms with van der Waals surface area (Å²) in [7, 11) is -0.315. The van der Waals surface area contributed by atoms with Crippen LogP contribution in [0.3, 0.4) is 0 Å². The van der Waals surface area contributed by atoms with Crippen molar-refractivity contribution in [1.29, 1.82) is 0 Å². The Labute approximate surface area is 211 Å². The van der Waals surface area contributed by atoms with Crippen molar-refractivity contribution in [2.75, 3.05) is 6.61 Å². The van der Waals surface area contributed by atoms with Crippen LogP contribution in [0.25, 0.3) is 0 Å². The second kappa shape index (κ2) is 9.47.